The molecule has 1 unspecified atom stereocenters. The number of benzene rings is 1. The summed E-state index contributed by atoms with van der Waals surface area (Å²) in [6.07, 6.45) is 2.38. The molecular formula is C12H12BrF2N3S. The highest BCUT2D eigenvalue weighted by molar-refractivity contribution is 9.10. The van der Waals surface area contributed by atoms with E-state index < -0.39 is 17.7 Å². The number of hydrogen-bond acceptors (Lipinski definition) is 4. The van der Waals surface area contributed by atoms with Crippen molar-refractivity contribution in [3.8, 4) is 0 Å². The van der Waals surface area contributed by atoms with E-state index >= 15 is 0 Å². The van der Waals surface area contributed by atoms with Crippen LogP contribution in [0.2, 0.25) is 0 Å². The fourth-order valence-corrected chi connectivity index (χ4v) is 2.54. The lowest BCUT2D eigenvalue weighted by atomic mass is 10.0. The van der Waals surface area contributed by atoms with Crippen LogP contribution in [0.15, 0.2) is 22.8 Å². The number of aromatic nitrogens is 2. The van der Waals surface area contributed by atoms with Crippen LogP contribution < -0.4 is 5.32 Å². The molecule has 0 spiro atoms. The van der Waals surface area contributed by atoms with Crippen molar-refractivity contribution >= 4 is 27.7 Å². The van der Waals surface area contributed by atoms with Gasteiger partial charge in [0.15, 0.2) is 0 Å². The van der Waals surface area contributed by atoms with Crippen LogP contribution in [-0.4, -0.2) is 15.3 Å². The quantitative estimate of drug-likeness (QED) is 0.838. The molecule has 3 nitrogen and oxygen atoms in total. The third-order valence-electron chi connectivity index (χ3n) is 2.64. The molecule has 102 valence electrons. The van der Waals surface area contributed by atoms with Crippen molar-refractivity contribution in [3.63, 3.8) is 0 Å². The molecule has 0 aliphatic rings. The normalized spacial score (nSPS) is 12.6. The standard InChI is InChI=1S/C12H12BrF2N3S/c1-2-5-16-12(9-6-17-19-18-9)10-8(14)4-3-7(13)11(10)15/h3-4,6,12,16H,2,5H2,1H3. The van der Waals surface area contributed by atoms with Gasteiger partial charge < -0.3 is 5.32 Å². The molecule has 2 rings (SSSR count). The number of rotatable bonds is 5. The molecule has 0 fully saturated rings. The minimum atomic E-state index is -0.629. The van der Waals surface area contributed by atoms with Crippen LogP contribution in [0, 0.1) is 11.6 Å². The molecule has 1 aromatic heterocycles. The number of halogens is 3. The second-order valence-electron chi connectivity index (χ2n) is 3.98. The minimum Gasteiger partial charge on any atom is -0.305 e. The van der Waals surface area contributed by atoms with Gasteiger partial charge in [0.2, 0.25) is 0 Å². The molecule has 1 aromatic carbocycles. The van der Waals surface area contributed by atoms with E-state index in [1.165, 1.54) is 18.3 Å². The molecule has 0 saturated carbocycles. The van der Waals surface area contributed by atoms with Gasteiger partial charge in [-0.2, -0.15) is 8.75 Å². The maximum atomic E-state index is 14.2. The molecule has 1 heterocycles. The summed E-state index contributed by atoms with van der Waals surface area (Å²) in [5.41, 5.74) is 0.491. The van der Waals surface area contributed by atoms with E-state index in [-0.39, 0.29) is 10.0 Å². The maximum Gasteiger partial charge on any atom is 0.145 e. The Morgan fingerprint density at radius 3 is 2.84 bits per heavy atom. The summed E-state index contributed by atoms with van der Waals surface area (Å²) < 4.78 is 36.3. The zero-order chi connectivity index (χ0) is 13.8. The van der Waals surface area contributed by atoms with Gasteiger partial charge in [-0.05, 0) is 41.0 Å². The maximum absolute atomic E-state index is 14.2. The minimum absolute atomic E-state index is 0.0319. The van der Waals surface area contributed by atoms with E-state index in [0.717, 1.165) is 18.1 Å². The van der Waals surface area contributed by atoms with Gasteiger partial charge >= 0.3 is 0 Å². The van der Waals surface area contributed by atoms with Crippen LogP contribution in [0.4, 0.5) is 8.78 Å². The largest absolute Gasteiger partial charge is 0.305 e. The molecule has 0 aliphatic heterocycles. The van der Waals surface area contributed by atoms with Crippen molar-refractivity contribution in [1.29, 1.82) is 0 Å². The van der Waals surface area contributed by atoms with Gasteiger partial charge in [0.25, 0.3) is 0 Å². The van der Waals surface area contributed by atoms with E-state index in [1.54, 1.807) is 0 Å². The fourth-order valence-electron chi connectivity index (χ4n) is 1.75. The molecule has 1 atom stereocenters. The number of nitrogens with one attached hydrogen (secondary N) is 1. The van der Waals surface area contributed by atoms with Gasteiger partial charge in [-0.25, -0.2) is 8.78 Å². The van der Waals surface area contributed by atoms with Crippen LogP contribution in [0.3, 0.4) is 0 Å². The molecule has 0 bridgehead atoms. The molecule has 7 heteroatoms. The van der Waals surface area contributed by atoms with E-state index in [1.807, 2.05) is 6.92 Å². The zero-order valence-electron chi connectivity index (χ0n) is 10.2. The Hall–Kier alpha value is -0.920. The van der Waals surface area contributed by atoms with Crippen LogP contribution in [-0.2, 0) is 0 Å². The second-order valence-corrected chi connectivity index (χ2v) is 5.39. The predicted octanol–water partition coefficient (Wildman–Crippen LogP) is 3.67. The topological polar surface area (TPSA) is 37.8 Å². The molecule has 0 saturated heterocycles. The lowest BCUT2D eigenvalue weighted by Crippen LogP contribution is -2.25. The highest BCUT2D eigenvalue weighted by Gasteiger charge is 2.24. The van der Waals surface area contributed by atoms with E-state index in [0.29, 0.717) is 12.2 Å². The molecule has 19 heavy (non-hydrogen) atoms. The Kier molecular flexibility index (Phi) is 4.95. The Morgan fingerprint density at radius 1 is 1.42 bits per heavy atom. The predicted molar refractivity (Wildman–Crippen MR) is 74.1 cm³/mol. The summed E-state index contributed by atoms with van der Waals surface area (Å²) in [6, 6.07) is 1.96. The summed E-state index contributed by atoms with van der Waals surface area (Å²) in [6.45, 7) is 2.62. The van der Waals surface area contributed by atoms with E-state index in [2.05, 4.69) is 30.0 Å². The first-order valence-corrected chi connectivity index (χ1v) is 7.31. The number of hydrogen-bond donors (Lipinski definition) is 1. The first-order valence-electron chi connectivity index (χ1n) is 5.79. The molecule has 1 N–H and O–H groups in total. The monoisotopic (exact) mass is 347 g/mol. The summed E-state index contributed by atoms with van der Waals surface area (Å²) in [7, 11) is 0. The van der Waals surface area contributed by atoms with Gasteiger partial charge in [-0.1, -0.05) is 6.92 Å². The smallest absolute Gasteiger partial charge is 0.145 e. The Bertz CT molecular complexity index is 548. The fraction of sp³-hybridized carbons (Fsp3) is 0.333. The number of nitrogens with zero attached hydrogens (tertiary/aromatic N) is 2. The molecule has 0 amide bonds. The molecular weight excluding hydrogens is 336 g/mol. The van der Waals surface area contributed by atoms with Crippen molar-refractivity contribution in [2.24, 2.45) is 0 Å². The van der Waals surface area contributed by atoms with Gasteiger partial charge in [0, 0.05) is 5.56 Å². The SMILES string of the molecule is CCCNC(c1cnsn1)c1c(F)ccc(Br)c1F. The first kappa shape index (κ1) is 14.5. The summed E-state index contributed by atoms with van der Waals surface area (Å²) in [5.74, 6) is -1.20. The lowest BCUT2D eigenvalue weighted by molar-refractivity contribution is 0.496. The third kappa shape index (κ3) is 3.16. The highest BCUT2D eigenvalue weighted by atomic mass is 79.9. The Balaban J connectivity index is 2.46. The summed E-state index contributed by atoms with van der Waals surface area (Å²) in [4.78, 5) is 0. The van der Waals surface area contributed by atoms with Gasteiger partial charge in [0.05, 0.1) is 34.1 Å². The van der Waals surface area contributed by atoms with Crippen molar-refractivity contribution in [2.45, 2.75) is 19.4 Å². The van der Waals surface area contributed by atoms with Gasteiger partial charge in [0.1, 0.15) is 11.6 Å². The van der Waals surface area contributed by atoms with Crippen molar-refractivity contribution in [1.82, 2.24) is 14.1 Å². The van der Waals surface area contributed by atoms with Gasteiger partial charge in [-0.3, -0.25) is 0 Å². The van der Waals surface area contributed by atoms with Crippen molar-refractivity contribution in [2.75, 3.05) is 6.54 Å². The summed E-state index contributed by atoms with van der Waals surface area (Å²) in [5, 5.41) is 3.10. The zero-order valence-corrected chi connectivity index (χ0v) is 12.6. The van der Waals surface area contributed by atoms with Crippen molar-refractivity contribution < 1.29 is 8.78 Å². The van der Waals surface area contributed by atoms with Crippen LogP contribution in [0.5, 0.6) is 0 Å². The lowest BCUT2D eigenvalue weighted by Gasteiger charge is -2.18. The van der Waals surface area contributed by atoms with Crippen LogP contribution in [0.1, 0.15) is 30.6 Å². The Labute approximate surface area is 122 Å². The average Bonchev–Trinajstić information content (AvgIpc) is 2.92. The Morgan fingerprint density at radius 2 is 2.21 bits per heavy atom. The van der Waals surface area contributed by atoms with E-state index in [9.17, 15) is 8.78 Å². The molecule has 2 aromatic rings. The van der Waals surface area contributed by atoms with Gasteiger partial charge in [-0.15, -0.1) is 0 Å². The highest BCUT2D eigenvalue weighted by Crippen LogP contribution is 2.30. The van der Waals surface area contributed by atoms with Crippen LogP contribution >= 0.6 is 27.7 Å². The third-order valence-corrected chi connectivity index (χ3v) is 3.75. The average molecular weight is 348 g/mol. The van der Waals surface area contributed by atoms with Crippen LogP contribution in [0.25, 0.3) is 0 Å². The molecule has 0 radical (unpaired) electrons. The molecule has 0 aliphatic carbocycles. The van der Waals surface area contributed by atoms with Crippen molar-refractivity contribution in [3.05, 3.63) is 45.7 Å². The van der Waals surface area contributed by atoms with E-state index in [4.69, 9.17) is 0 Å². The summed E-state index contributed by atoms with van der Waals surface area (Å²) >= 11 is 4.09. The first-order chi connectivity index (χ1) is 9.15. The second kappa shape index (κ2) is 6.49.